The monoisotopic (exact) mass is 344 g/mol. The van der Waals surface area contributed by atoms with Gasteiger partial charge in [-0.1, -0.05) is 0 Å². The van der Waals surface area contributed by atoms with Crippen molar-refractivity contribution in [2.75, 3.05) is 25.1 Å². The Hall–Kier alpha value is -2.48. The molecule has 2 atom stereocenters. The number of hydrogen-bond donors (Lipinski definition) is 1. The first kappa shape index (κ1) is 17.3. The number of rotatable bonds is 6. The van der Waals surface area contributed by atoms with Crippen molar-refractivity contribution in [2.45, 2.75) is 31.9 Å². The summed E-state index contributed by atoms with van der Waals surface area (Å²) in [7, 11) is 3.57. The van der Waals surface area contributed by atoms with Crippen LogP contribution in [-0.4, -0.2) is 58.0 Å². The Morgan fingerprint density at radius 2 is 2.32 bits per heavy atom. The largest absolute Gasteiger partial charge is 0.380 e. The molecule has 3 rings (SSSR count). The summed E-state index contributed by atoms with van der Waals surface area (Å²) < 4.78 is 7.25. The van der Waals surface area contributed by atoms with E-state index in [0.29, 0.717) is 13.0 Å². The van der Waals surface area contributed by atoms with Gasteiger partial charge < -0.3 is 15.0 Å². The number of anilines is 1. The van der Waals surface area contributed by atoms with Crippen LogP contribution in [-0.2, 0) is 23.0 Å². The molecule has 0 aliphatic carbocycles. The van der Waals surface area contributed by atoms with E-state index >= 15 is 0 Å². The van der Waals surface area contributed by atoms with Gasteiger partial charge >= 0.3 is 0 Å². The van der Waals surface area contributed by atoms with Crippen LogP contribution in [0.25, 0.3) is 0 Å². The average molecular weight is 344 g/mol. The van der Waals surface area contributed by atoms with E-state index in [1.54, 1.807) is 18.0 Å². The van der Waals surface area contributed by atoms with Crippen LogP contribution in [0.5, 0.6) is 0 Å². The van der Waals surface area contributed by atoms with Crippen molar-refractivity contribution in [3.63, 3.8) is 0 Å². The van der Waals surface area contributed by atoms with Crippen LogP contribution in [0.1, 0.15) is 17.8 Å². The minimum atomic E-state index is -0.00787. The molecule has 0 spiro atoms. The highest BCUT2D eigenvalue weighted by atomic mass is 16.5. The Bertz CT molecular complexity index is 717. The van der Waals surface area contributed by atoms with E-state index in [4.69, 9.17) is 4.74 Å². The number of amides is 1. The van der Waals surface area contributed by atoms with Crippen molar-refractivity contribution in [1.82, 2.24) is 25.1 Å². The van der Waals surface area contributed by atoms with Crippen LogP contribution in [0.3, 0.4) is 0 Å². The van der Waals surface area contributed by atoms with E-state index in [0.717, 1.165) is 30.2 Å². The quantitative estimate of drug-likeness (QED) is 0.820. The topological polar surface area (TPSA) is 85.2 Å². The van der Waals surface area contributed by atoms with Gasteiger partial charge in [-0.25, -0.2) is 9.97 Å². The van der Waals surface area contributed by atoms with E-state index in [-0.39, 0.29) is 18.1 Å². The number of methoxy groups -OCH3 is 1. The third-order valence-electron chi connectivity index (χ3n) is 4.55. The Morgan fingerprint density at radius 1 is 1.48 bits per heavy atom. The highest BCUT2D eigenvalue weighted by molar-refractivity contribution is 5.78. The molecule has 1 aliphatic rings. The second-order valence-corrected chi connectivity index (χ2v) is 6.35. The van der Waals surface area contributed by atoms with Crippen molar-refractivity contribution < 1.29 is 9.53 Å². The lowest BCUT2D eigenvalue weighted by molar-refractivity contribution is -0.120. The molecule has 8 nitrogen and oxygen atoms in total. The smallest absolute Gasteiger partial charge is 0.226 e. The molecule has 1 N–H and O–H groups in total. The molecular formula is C17H24N6O2. The third-order valence-corrected chi connectivity index (χ3v) is 4.55. The molecule has 134 valence electrons. The number of nitrogens with zero attached hydrogens (tertiary/aromatic N) is 5. The van der Waals surface area contributed by atoms with Gasteiger partial charge in [0.25, 0.3) is 0 Å². The Kier molecular flexibility index (Phi) is 5.28. The van der Waals surface area contributed by atoms with E-state index in [1.807, 2.05) is 26.1 Å². The summed E-state index contributed by atoms with van der Waals surface area (Å²) in [5.41, 5.74) is 1.82. The normalized spacial score (nSPS) is 20.0. The minimum absolute atomic E-state index is 0.00787. The Labute approximate surface area is 147 Å². The lowest BCUT2D eigenvalue weighted by Crippen LogP contribution is -2.41. The molecule has 0 bridgehead atoms. The number of carbonyl (C=O) groups excluding carboxylic acids is 1. The number of aromatic nitrogens is 4. The molecule has 25 heavy (non-hydrogen) atoms. The highest BCUT2D eigenvalue weighted by Crippen LogP contribution is 2.24. The van der Waals surface area contributed by atoms with Crippen LogP contribution < -0.4 is 10.2 Å². The first-order valence-corrected chi connectivity index (χ1v) is 8.38. The molecule has 0 unspecified atom stereocenters. The number of ether oxygens (including phenoxy) is 1. The van der Waals surface area contributed by atoms with Crippen molar-refractivity contribution >= 4 is 11.7 Å². The minimum Gasteiger partial charge on any atom is -0.380 e. The molecule has 1 fully saturated rings. The number of carbonyl (C=O) groups is 1. The van der Waals surface area contributed by atoms with Gasteiger partial charge in [0.05, 0.1) is 24.3 Å². The predicted molar refractivity (Wildman–Crippen MR) is 93.2 cm³/mol. The lowest BCUT2D eigenvalue weighted by Gasteiger charge is -2.25. The fourth-order valence-electron chi connectivity index (χ4n) is 3.26. The maximum atomic E-state index is 12.3. The number of hydrogen-bond acceptors (Lipinski definition) is 6. The molecule has 1 aliphatic heterocycles. The van der Waals surface area contributed by atoms with Crippen molar-refractivity contribution in [3.8, 4) is 0 Å². The van der Waals surface area contributed by atoms with Gasteiger partial charge in [-0.2, -0.15) is 5.10 Å². The zero-order valence-corrected chi connectivity index (χ0v) is 14.8. The van der Waals surface area contributed by atoms with Gasteiger partial charge in [0.1, 0.15) is 12.1 Å². The van der Waals surface area contributed by atoms with Gasteiger partial charge in [0, 0.05) is 39.1 Å². The molecule has 0 saturated carbocycles. The van der Waals surface area contributed by atoms with Crippen LogP contribution in [0.15, 0.2) is 24.7 Å². The number of nitrogens with one attached hydrogen (secondary N) is 1. The summed E-state index contributed by atoms with van der Waals surface area (Å²) in [5, 5.41) is 7.31. The van der Waals surface area contributed by atoms with E-state index in [9.17, 15) is 4.79 Å². The Balaban J connectivity index is 1.60. The number of aryl methyl sites for hydroxylation is 2. The summed E-state index contributed by atoms with van der Waals surface area (Å²) in [6, 6.07) is 3.96. The predicted octanol–water partition coefficient (Wildman–Crippen LogP) is 0.471. The maximum Gasteiger partial charge on any atom is 0.226 e. The first-order valence-electron chi connectivity index (χ1n) is 8.38. The summed E-state index contributed by atoms with van der Waals surface area (Å²) in [6.07, 6.45) is 4.58. The molecule has 1 saturated heterocycles. The first-order chi connectivity index (χ1) is 12.1. The molecule has 2 aromatic heterocycles. The van der Waals surface area contributed by atoms with Crippen LogP contribution in [0, 0.1) is 6.92 Å². The standard InChI is InChI=1S/C17H24N6O2/c1-12-6-13(22(2)21-12)8-17(24)19-9-14-7-15(25-3)10-23(14)16-4-5-18-11-20-16/h4-6,11,14-15H,7-10H2,1-3H3,(H,19,24)/t14-,15-/m1/s1. The van der Waals surface area contributed by atoms with Gasteiger partial charge in [-0.05, 0) is 25.5 Å². The van der Waals surface area contributed by atoms with Gasteiger partial charge in [-0.3, -0.25) is 9.48 Å². The summed E-state index contributed by atoms with van der Waals surface area (Å²) >= 11 is 0. The van der Waals surface area contributed by atoms with Gasteiger partial charge in [0.2, 0.25) is 5.91 Å². The maximum absolute atomic E-state index is 12.3. The van der Waals surface area contributed by atoms with E-state index in [1.165, 1.54) is 6.33 Å². The molecule has 2 aromatic rings. The van der Waals surface area contributed by atoms with Crippen LogP contribution >= 0.6 is 0 Å². The second kappa shape index (κ2) is 7.60. The molecule has 0 radical (unpaired) electrons. The molecule has 1 amide bonds. The average Bonchev–Trinajstić information content (AvgIpc) is 3.16. The van der Waals surface area contributed by atoms with Gasteiger partial charge in [-0.15, -0.1) is 0 Å². The highest BCUT2D eigenvalue weighted by Gasteiger charge is 2.33. The van der Waals surface area contributed by atoms with E-state index in [2.05, 4.69) is 25.3 Å². The fraction of sp³-hybridized carbons (Fsp3) is 0.529. The lowest BCUT2D eigenvalue weighted by atomic mass is 10.2. The Morgan fingerprint density at radius 3 is 2.96 bits per heavy atom. The summed E-state index contributed by atoms with van der Waals surface area (Å²) in [6.45, 7) is 3.24. The molecule has 3 heterocycles. The zero-order valence-electron chi connectivity index (χ0n) is 14.8. The summed E-state index contributed by atoms with van der Waals surface area (Å²) in [5.74, 6) is 0.850. The molecule has 0 aromatic carbocycles. The second-order valence-electron chi connectivity index (χ2n) is 6.35. The zero-order chi connectivity index (χ0) is 17.8. The molecular weight excluding hydrogens is 320 g/mol. The van der Waals surface area contributed by atoms with Gasteiger partial charge in [0.15, 0.2) is 0 Å². The van der Waals surface area contributed by atoms with Crippen LogP contribution in [0.2, 0.25) is 0 Å². The third kappa shape index (κ3) is 4.14. The van der Waals surface area contributed by atoms with Crippen molar-refractivity contribution in [3.05, 3.63) is 36.0 Å². The molecule has 8 heteroatoms. The summed E-state index contributed by atoms with van der Waals surface area (Å²) in [4.78, 5) is 22.8. The fourth-order valence-corrected chi connectivity index (χ4v) is 3.26. The SMILES string of the molecule is CO[C@@H]1C[C@H](CNC(=O)Cc2cc(C)nn2C)N(c2ccncn2)C1. The van der Waals surface area contributed by atoms with Crippen molar-refractivity contribution in [1.29, 1.82) is 0 Å². The van der Waals surface area contributed by atoms with E-state index < -0.39 is 0 Å². The van der Waals surface area contributed by atoms with Crippen LogP contribution in [0.4, 0.5) is 5.82 Å². The van der Waals surface area contributed by atoms with Crippen molar-refractivity contribution in [2.24, 2.45) is 7.05 Å².